The molecule has 1 amide bonds. The van der Waals surface area contributed by atoms with Gasteiger partial charge in [-0.25, -0.2) is 4.98 Å². The Balaban J connectivity index is 0.00000156. The predicted molar refractivity (Wildman–Crippen MR) is 101 cm³/mol. The zero-order valence-corrected chi connectivity index (χ0v) is 15.6. The molecule has 2 aromatic rings. The van der Waals surface area contributed by atoms with Gasteiger partial charge < -0.3 is 20.7 Å². The van der Waals surface area contributed by atoms with E-state index >= 15 is 0 Å². The van der Waals surface area contributed by atoms with Crippen LogP contribution in [0.1, 0.15) is 24.2 Å². The van der Waals surface area contributed by atoms with Crippen LogP contribution in [0.3, 0.4) is 0 Å². The maximum atomic E-state index is 12.1. The molecule has 0 unspecified atom stereocenters. The molecule has 0 spiro atoms. The number of aryl methyl sites for hydroxylation is 1. The summed E-state index contributed by atoms with van der Waals surface area (Å²) in [5.41, 5.74) is 7.82. The number of aliphatic hydroxyl groups excluding tert-OH is 1. The second kappa shape index (κ2) is 9.20. The number of nitrogens with zero attached hydrogens (tertiary/aromatic N) is 2. The van der Waals surface area contributed by atoms with Gasteiger partial charge in [-0.15, -0.1) is 24.8 Å². The lowest BCUT2D eigenvalue weighted by Gasteiger charge is -2.11. The molecule has 1 aliphatic rings. The van der Waals surface area contributed by atoms with Gasteiger partial charge in [-0.05, 0) is 37.5 Å². The molecule has 8 heteroatoms. The number of hydrogen-bond acceptors (Lipinski definition) is 4. The molecule has 3 rings (SSSR count). The third-order valence-corrected chi connectivity index (χ3v) is 4.45. The summed E-state index contributed by atoms with van der Waals surface area (Å²) >= 11 is 0. The van der Waals surface area contributed by atoms with Crippen molar-refractivity contribution >= 4 is 30.7 Å². The third-order valence-electron chi connectivity index (χ3n) is 4.45. The van der Waals surface area contributed by atoms with Gasteiger partial charge in [0.25, 0.3) is 0 Å². The van der Waals surface area contributed by atoms with Crippen molar-refractivity contribution in [2.75, 3.05) is 0 Å². The third kappa shape index (κ3) is 4.95. The van der Waals surface area contributed by atoms with E-state index in [1.165, 1.54) is 0 Å². The van der Waals surface area contributed by atoms with Crippen molar-refractivity contribution in [3.63, 3.8) is 0 Å². The fraction of sp³-hybridized carbons (Fsp3) is 0.412. The number of benzene rings is 1. The second-order valence-corrected chi connectivity index (χ2v) is 6.13. The van der Waals surface area contributed by atoms with Crippen molar-refractivity contribution in [1.29, 1.82) is 0 Å². The zero-order valence-electron chi connectivity index (χ0n) is 14.0. The maximum absolute atomic E-state index is 12.1. The summed E-state index contributed by atoms with van der Waals surface area (Å²) in [6.07, 6.45) is 4.12. The molecule has 0 radical (unpaired) electrons. The molecular weight excluding hydrogens is 363 g/mol. The van der Waals surface area contributed by atoms with Gasteiger partial charge in [0.05, 0.1) is 6.10 Å². The molecule has 6 nitrogen and oxygen atoms in total. The Kier molecular flexibility index (Phi) is 7.89. The van der Waals surface area contributed by atoms with Crippen LogP contribution in [0.15, 0.2) is 36.7 Å². The van der Waals surface area contributed by atoms with Gasteiger partial charge in [-0.2, -0.15) is 0 Å². The fourth-order valence-electron chi connectivity index (χ4n) is 3.02. The Morgan fingerprint density at radius 2 is 2.00 bits per heavy atom. The Bertz CT molecular complexity index is 680. The number of imidazole rings is 1. The summed E-state index contributed by atoms with van der Waals surface area (Å²) in [5.74, 6) is 0.710. The molecule has 0 saturated heterocycles. The molecule has 0 bridgehead atoms. The SMILES string of the molecule is Cc1nccn1-c1ccc(CNC(=O)[C@H]2C[C@H](N)[C@@H](O)C2)cc1.Cl.Cl. The zero-order chi connectivity index (χ0) is 16.4. The first-order chi connectivity index (χ1) is 11.0. The summed E-state index contributed by atoms with van der Waals surface area (Å²) in [4.78, 5) is 16.3. The van der Waals surface area contributed by atoms with Crippen LogP contribution < -0.4 is 11.1 Å². The van der Waals surface area contributed by atoms with Gasteiger partial charge in [0.1, 0.15) is 5.82 Å². The van der Waals surface area contributed by atoms with Gasteiger partial charge in [0, 0.05) is 36.6 Å². The van der Waals surface area contributed by atoms with Gasteiger partial charge >= 0.3 is 0 Å². The number of rotatable bonds is 4. The fourth-order valence-corrected chi connectivity index (χ4v) is 3.02. The van der Waals surface area contributed by atoms with Crippen molar-refractivity contribution < 1.29 is 9.90 Å². The lowest BCUT2D eigenvalue weighted by atomic mass is 10.1. The number of carbonyl (C=O) groups excluding carboxylic acids is 1. The summed E-state index contributed by atoms with van der Waals surface area (Å²) < 4.78 is 2.00. The second-order valence-electron chi connectivity index (χ2n) is 6.13. The maximum Gasteiger partial charge on any atom is 0.223 e. The lowest BCUT2D eigenvalue weighted by molar-refractivity contribution is -0.125. The van der Waals surface area contributed by atoms with Crippen LogP contribution in [0.4, 0.5) is 0 Å². The Morgan fingerprint density at radius 1 is 1.32 bits per heavy atom. The van der Waals surface area contributed by atoms with E-state index in [0.717, 1.165) is 17.1 Å². The van der Waals surface area contributed by atoms with E-state index in [1.807, 2.05) is 42.0 Å². The normalized spacial score (nSPS) is 22.0. The van der Waals surface area contributed by atoms with Crippen LogP contribution in [0, 0.1) is 12.8 Å². The number of aromatic nitrogens is 2. The molecule has 1 aromatic carbocycles. The lowest BCUT2D eigenvalue weighted by Crippen LogP contribution is -2.30. The van der Waals surface area contributed by atoms with Crippen molar-refractivity contribution in [3.8, 4) is 5.69 Å². The molecular formula is C17H24Cl2N4O2. The van der Waals surface area contributed by atoms with Crippen molar-refractivity contribution in [2.45, 2.75) is 38.5 Å². The van der Waals surface area contributed by atoms with Crippen molar-refractivity contribution in [3.05, 3.63) is 48.0 Å². The highest BCUT2D eigenvalue weighted by molar-refractivity contribution is 5.85. The topological polar surface area (TPSA) is 93.2 Å². The van der Waals surface area contributed by atoms with Crippen LogP contribution >= 0.6 is 24.8 Å². The number of nitrogens with one attached hydrogen (secondary N) is 1. The van der Waals surface area contributed by atoms with Crippen LogP contribution in [0.25, 0.3) is 5.69 Å². The van der Waals surface area contributed by atoms with Gasteiger partial charge in [0.2, 0.25) is 5.91 Å². The summed E-state index contributed by atoms with van der Waals surface area (Å²) in [6.45, 7) is 2.43. The van der Waals surface area contributed by atoms with E-state index in [4.69, 9.17) is 5.73 Å². The highest BCUT2D eigenvalue weighted by Crippen LogP contribution is 2.24. The summed E-state index contributed by atoms with van der Waals surface area (Å²) in [6, 6.07) is 7.70. The number of halogens is 2. The number of hydrogen-bond donors (Lipinski definition) is 3. The van der Waals surface area contributed by atoms with Crippen molar-refractivity contribution in [2.24, 2.45) is 11.7 Å². The molecule has 3 atom stereocenters. The quantitative estimate of drug-likeness (QED) is 0.745. The molecule has 0 aliphatic heterocycles. The Morgan fingerprint density at radius 3 is 2.52 bits per heavy atom. The van der Waals surface area contributed by atoms with E-state index in [0.29, 0.717) is 19.4 Å². The standard InChI is InChI=1S/C17H22N4O2.2ClH/c1-11-19-6-7-21(11)14-4-2-12(3-5-14)10-20-17(23)13-8-15(18)16(22)9-13;;/h2-7,13,15-16,22H,8-10,18H2,1H3,(H,20,23);2*1H/t13-,15-,16-;;/m0../s1. The van der Waals surface area contributed by atoms with E-state index in [-0.39, 0.29) is 42.7 Å². The molecule has 4 N–H and O–H groups in total. The smallest absolute Gasteiger partial charge is 0.223 e. The van der Waals surface area contributed by atoms with E-state index in [2.05, 4.69) is 10.3 Å². The number of amides is 1. The summed E-state index contributed by atoms with van der Waals surface area (Å²) in [7, 11) is 0. The monoisotopic (exact) mass is 386 g/mol. The molecule has 25 heavy (non-hydrogen) atoms. The first-order valence-electron chi connectivity index (χ1n) is 7.85. The van der Waals surface area contributed by atoms with Crippen LogP contribution in [0.5, 0.6) is 0 Å². The molecule has 1 aromatic heterocycles. The number of aliphatic hydroxyl groups is 1. The molecule has 1 aliphatic carbocycles. The molecule has 138 valence electrons. The molecule has 1 fully saturated rings. The molecule has 1 saturated carbocycles. The number of nitrogens with two attached hydrogens (primary N) is 1. The number of carbonyl (C=O) groups is 1. The average molecular weight is 387 g/mol. The van der Waals surface area contributed by atoms with E-state index in [1.54, 1.807) is 6.20 Å². The van der Waals surface area contributed by atoms with Gasteiger partial charge in [-0.1, -0.05) is 12.1 Å². The van der Waals surface area contributed by atoms with Crippen LogP contribution in [0.2, 0.25) is 0 Å². The van der Waals surface area contributed by atoms with E-state index < -0.39 is 6.10 Å². The van der Waals surface area contributed by atoms with Crippen LogP contribution in [-0.2, 0) is 11.3 Å². The minimum Gasteiger partial charge on any atom is -0.391 e. The predicted octanol–water partition coefficient (Wildman–Crippen LogP) is 1.74. The van der Waals surface area contributed by atoms with Gasteiger partial charge in [0.15, 0.2) is 0 Å². The Hall–Kier alpha value is -1.60. The van der Waals surface area contributed by atoms with Gasteiger partial charge in [-0.3, -0.25) is 4.79 Å². The Labute approximate surface area is 159 Å². The first-order valence-corrected chi connectivity index (χ1v) is 7.85. The van der Waals surface area contributed by atoms with Crippen molar-refractivity contribution in [1.82, 2.24) is 14.9 Å². The minimum absolute atomic E-state index is 0. The highest BCUT2D eigenvalue weighted by atomic mass is 35.5. The highest BCUT2D eigenvalue weighted by Gasteiger charge is 2.34. The average Bonchev–Trinajstić information content (AvgIpc) is 3.12. The molecule has 1 heterocycles. The first kappa shape index (κ1) is 21.4. The van der Waals surface area contributed by atoms with E-state index in [9.17, 15) is 9.90 Å². The largest absolute Gasteiger partial charge is 0.391 e. The summed E-state index contributed by atoms with van der Waals surface area (Å²) in [5, 5.41) is 12.6. The van der Waals surface area contributed by atoms with Crippen LogP contribution in [-0.4, -0.2) is 32.7 Å². The minimum atomic E-state index is -0.566.